The Kier molecular flexibility index (Phi) is 4.55. The van der Waals surface area contributed by atoms with E-state index in [1.165, 1.54) is 6.92 Å². The number of carbonyl (C=O) groups is 2. The van der Waals surface area contributed by atoms with Crippen LogP contribution in [0.4, 0.5) is 0 Å². The van der Waals surface area contributed by atoms with Gasteiger partial charge in [-0.2, -0.15) is 0 Å². The lowest BCUT2D eigenvalue weighted by Gasteiger charge is -2.15. The summed E-state index contributed by atoms with van der Waals surface area (Å²) in [4.78, 5) is 23.3. The molecule has 0 aromatic heterocycles. The first-order chi connectivity index (χ1) is 7.08. The van der Waals surface area contributed by atoms with Crippen LogP contribution in [0.1, 0.15) is 19.8 Å². The number of likely N-dealkylation sites (tertiary alicyclic amines) is 1. The van der Waals surface area contributed by atoms with Crippen molar-refractivity contribution in [2.45, 2.75) is 19.8 Å². The first kappa shape index (κ1) is 12.0. The Bertz CT molecular complexity index is 243. The average Bonchev–Trinajstić information content (AvgIpc) is 2.50. The molecule has 1 amide bonds. The smallest absolute Gasteiger partial charge is 0.303 e. The van der Waals surface area contributed by atoms with E-state index in [2.05, 4.69) is 10.2 Å². The second kappa shape index (κ2) is 5.70. The Hall–Kier alpha value is -1.10. The summed E-state index contributed by atoms with van der Waals surface area (Å²) in [6, 6.07) is 0. The molecule has 0 aromatic rings. The van der Waals surface area contributed by atoms with Gasteiger partial charge in [0.05, 0.1) is 0 Å². The highest BCUT2D eigenvalue weighted by Crippen LogP contribution is 2.18. The molecule has 0 saturated carbocycles. The van der Waals surface area contributed by atoms with E-state index in [-0.39, 0.29) is 18.2 Å². The zero-order valence-electron chi connectivity index (χ0n) is 9.03. The molecule has 2 N–H and O–H groups in total. The van der Waals surface area contributed by atoms with Crippen LogP contribution in [0.25, 0.3) is 0 Å². The number of carboxylic acids is 1. The fourth-order valence-corrected chi connectivity index (χ4v) is 1.92. The van der Waals surface area contributed by atoms with E-state index in [0.717, 1.165) is 26.1 Å². The summed E-state index contributed by atoms with van der Waals surface area (Å²) >= 11 is 0. The minimum Gasteiger partial charge on any atom is -0.481 e. The van der Waals surface area contributed by atoms with Crippen molar-refractivity contribution in [3.63, 3.8) is 0 Å². The van der Waals surface area contributed by atoms with Crippen molar-refractivity contribution < 1.29 is 14.7 Å². The molecule has 1 unspecified atom stereocenters. The van der Waals surface area contributed by atoms with Gasteiger partial charge in [-0.1, -0.05) is 0 Å². The molecule has 1 atom stereocenters. The van der Waals surface area contributed by atoms with Gasteiger partial charge in [0.2, 0.25) is 5.91 Å². The zero-order chi connectivity index (χ0) is 11.3. The second-order valence-corrected chi connectivity index (χ2v) is 4.04. The third-order valence-electron chi connectivity index (χ3n) is 2.64. The summed E-state index contributed by atoms with van der Waals surface area (Å²) in [7, 11) is 0. The van der Waals surface area contributed by atoms with Crippen molar-refractivity contribution in [3.05, 3.63) is 0 Å². The van der Waals surface area contributed by atoms with Crippen LogP contribution < -0.4 is 5.32 Å². The summed E-state index contributed by atoms with van der Waals surface area (Å²) in [5.74, 6) is -0.458. The van der Waals surface area contributed by atoms with Gasteiger partial charge in [0.25, 0.3) is 0 Å². The predicted octanol–water partition coefficient (Wildman–Crippen LogP) is -0.0809. The molecule has 0 bridgehead atoms. The van der Waals surface area contributed by atoms with Gasteiger partial charge in [0.15, 0.2) is 0 Å². The summed E-state index contributed by atoms with van der Waals surface area (Å²) in [6.07, 6.45) is 1.21. The van der Waals surface area contributed by atoms with Gasteiger partial charge < -0.3 is 15.3 Å². The molecule has 1 rings (SSSR count). The number of aliphatic carboxylic acids is 1. The van der Waals surface area contributed by atoms with E-state index in [0.29, 0.717) is 6.54 Å². The van der Waals surface area contributed by atoms with Crippen molar-refractivity contribution in [1.82, 2.24) is 10.2 Å². The Labute approximate surface area is 89.4 Å². The van der Waals surface area contributed by atoms with Crippen LogP contribution in [0.3, 0.4) is 0 Å². The van der Waals surface area contributed by atoms with E-state index in [1.807, 2.05) is 0 Å². The van der Waals surface area contributed by atoms with Gasteiger partial charge in [-0.25, -0.2) is 0 Å². The van der Waals surface area contributed by atoms with E-state index in [1.54, 1.807) is 0 Å². The van der Waals surface area contributed by atoms with Crippen LogP contribution in [-0.2, 0) is 9.59 Å². The topological polar surface area (TPSA) is 69.6 Å². The van der Waals surface area contributed by atoms with Crippen molar-refractivity contribution in [2.75, 3.05) is 26.2 Å². The number of carbonyl (C=O) groups excluding carboxylic acids is 1. The summed E-state index contributed by atoms with van der Waals surface area (Å²) in [5.41, 5.74) is 0. The van der Waals surface area contributed by atoms with Crippen molar-refractivity contribution >= 4 is 11.9 Å². The van der Waals surface area contributed by atoms with E-state index >= 15 is 0 Å². The minimum absolute atomic E-state index is 0.0173. The molecule has 1 aliphatic rings. The lowest BCUT2D eigenvalue weighted by molar-refractivity contribution is -0.138. The van der Waals surface area contributed by atoms with Gasteiger partial charge in [0, 0.05) is 33.0 Å². The third kappa shape index (κ3) is 4.78. The third-order valence-corrected chi connectivity index (χ3v) is 2.64. The van der Waals surface area contributed by atoms with Crippen molar-refractivity contribution in [1.29, 1.82) is 0 Å². The summed E-state index contributed by atoms with van der Waals surface area (Å²) in [5, 5.41) is 11.4. The number of carboxylic acid groups (broad SMARTS) is 1. The highest BCUT2D eigenvalue weighted by Gasteiger charge is 2.23. The summed E-state index contributed by atoms with van der Waals surface area (Å²) < 4.78 is 0. The minimum atomic E-state index is -0.719. The molecule has 86 valence electrons. The first-order valence-electron chi connectivity index (χ1n) is 5.26. The molecule has 1 heterocycles. The van der Waals surface area contributed by atoms with Crippen LogP contribution in [0, 0.1) is 5.92 Å². The highest BCUT2D eigenvalue weighted by atomic mass is 16.4. The fraction of sp³-hybridized carbons (Fsp3) is 0.800. The molecule has 0 aliphatic carbocycles. The maximum absolute atomic E-state index is 10.6. The predicted molar refractivity (Wildman–Crippen MR) is 55.5 cm³/mol. The van der Waals surface area contributed by atoms with Gasteiger partial charge in [-0.05, 0) is 18.9 Å². The standard InChI is InChI=1S/C10H18N2O3/c1-8(13)11-3-5-12-4-2-9(7-12)6-10(14)15/h9H,2-7H2,1H3,(H,11,13)(H,14,15). The normalized spacial score (nSPS) is 21.5. The van der Waals surface area contributed by atoms with Crippen LogP contribution in [0.15, 0.2) is 0 Å². The van der Waals surface area contributed by atoms with Gasteiger partial charge >= 0.3 is 5.97 Å². The SMILES string of the molecule is CC(=O)NCCN1CCC(CC(=O)O)C1. The van der Waals surface area contributed by atoms with E-state index in [4.69, 9.17) is 5.11 Å². The molecule has 15 heavy (non-hydrogen) atoms. The zero-order valence-corrected chi connectivity index (χ0v) is 9.03. The molecular weight excluding hydrogens is 196 g/mol. The quantitative estimate of drug-likeness (QED) is 0.671. The van der Waals surface area contributed by atoms with Crippen LogP contribution in [-0.4, -0.2) is 48.1 Å². The molecule has 1 aliphatic heterocycles. The monoisotopic (exact) mass is 214 g/mol. The first-order valence-corrected chi connectivity index (χ1v) is 5.26. The number of nitrogens with one attached hydrogen (secondary N) is 1. The molecule has 5 heteroatoms. The molecule has 1 saturated heterocycles. The van der Waals surface area contributed by atoms with Gasteiger partial charge in [-0.3, -0.25) is 9.59 Å². The Morgan fingerprint density at radius 2 is 2.27 bits per heavy atom. The van der Waals surface area contributed by atoms with Crippen molar-refractivity contribution in [2.24, 2.45) is 5.92 Å². The largest absolute Gasteiger partial charge is 0.481 e. The van der Waals surface area contributed by atoms with Crippen molar-refractivity contribution in [3.8, 4) is 0 Å². The number of rotatable bonds is 5. The molecule has 1 fully saturated rings. The number of hydrogen-bond acceptors (Lipinski definition) is 3. The molecule has 0 aromatic carbocycles. The van der Waals surface area contributed by atoms with E-state index < -0.39 is 5.97 Å². The van der Waals surface area contributed by atoms with Crippen LogP contribution in [0.2, 0.25) is 0 Å². The second-order valence-electron chi connectivity index (χ2n) is 4.04. The lowest BCUT2D eigenvalue weighted by Crippen LogP contribution is -2.32. The molecule has 0 radical (unpaired) electrons. The molecule has 5 nitrogen and oxygen atoms in total. The lowest BCUT2D eigenvalue weighted by atomic mass is 10.1. The Balaban J connectivity index is 2.13. The average molecular weight is 214 g/mol. The number of amides is 1. The van der Waals surface area contributed by atoms with Crippen LogP contribution in [0.5, 0.6) is 0 Å². The van der Waals surface area contributed by atoms with Crippen LogP contribution >= 0.6 is 0 Å². The Morgan fingerprint density at radius 1 is 1.53 bits per heavy atom. The summed E-state index contributed by atoms with van der Waals surface area (Å²) in [6.45, 7) is 4.74. The molecule has 0 spiro atoms. The van der Waals surface area contributed by atoms with Gasteiger partial charge in [0.1, 0.15) is 0 Å². The maximum atomic E-state index is 10.6. The number of nitrogens with zero attached hydrogens (tertiary/aromatic N) is 1. The Morgan fingerprint density at radius 3 is 2.87 bits per heavy atom. The molecular formula is C10H18N2O3. The highest BCUT2D eigenvalue weighted by molar-refractivity contribution is 5.72. The maximum Gasteiger partial charge on any atom is 0.303 e. The fourth-order valence-electron chi connectivity index (χ4n) is 1.92. The number of hydrogen-bond donors (Lipinski definition) is 2. The van der Waals surface area contributed by atoms with Gasteiger partial charge in [-0.15, -0.1) is 0 Å². The van der Waals surface area contributed by atoms with E-state index in [9.17, 15) is 9.59 Å².